The fraction of sp³-hybridized carbons (Fsp3) is 0.600. The second-order valence-corrected chi connectivity index (χ2v) is 6.69. The predicted octanol–water partition coefficient (Wildman–Crippen LogP) is 3.25. The molecule has 1 rings (SSSR count). The number of nitrogens with zero attached hydrogens (tertiary/aromatic N) is 1. The average Bonchev–Trinajstić information content (AvgIpc) is 2.53. The van der Waals surface area contributed by atoms with Crippen LogP contribution in [0.25, 0.3) is 0 Å². The van der Waals surface area contributed by atoms with Crippen LogP contribution in [0.1, 0.15) is 27.2 Å². The number of urea groups is 1. The number of carbonyl (C=O) groups excluding carboxylic acids is 1. The lowest BCUT2D eigenvalue weighted by Crippen LogP contribution is -2.30. The van der Waals surface area contributed by atoms with Crippen LogP contribution in [0.15, 0.2) is 24.5 Å². The highest BCUT2D eigenvalue weighted by molar-refractivity contribution is 8.21. The quantitative estimate of drug-likeness (QED) is 0.602. The number of aromatic nitrogens is 1. The van der Waals surface area contributed by atoms with Crippen LogP contribution in [0.4, 0.5) is 10.5 Å². The summed E-state index contributed by atoms with van der Waals surface area (Å²) in [6, 6.07) is 3.28. The third-order valence-corrected chi connectivity index (χ3v) is 5.24. The highest BCUT2D eigenvalue weighted by Crippen LogP contribution is 2.51. The summed E-state index contributed by atoms with van der Waals surface area (Å²) in [5.74, 6) is 0.621. The summed E-state index contributed by atoms with van der Waals surface area (Å²) in [5, 5.41) is 5.51. The standard InChI is InChI=1S/C15H27N3O4S/c1-4-20-23(21-5-2,22-6-3)12-8-11-17-15(19)18-14-9-7-10-16-13-14/h7,9-10,13H,4-6,8,11-12H2,1-3H3,(H2,17,18,19). The molecule has 1 aromatic rings. The molecule has 2 amide bonds. The number of hydrogen-bond acceptors (Lipinski definition) is 5. The first kappa shape index (κ1) is 19.7. The lowest BCUT2D eigenvalue weighted by atomic mass is 10.4. The molecular weight excluding hydrogens is 318 g/mol. The van der Waals surface area contributed by atoms with Gasteiger partial charge in [0.2, 0.25) is 0 Å². The van der Waals surface area contributed by atoms with Gasteiger partial charge in [0.05, 0.1) is 42.6 Å². The molecule has 0 atom stereocenters. The summed E-state index contributed by atoms with van der Waals surface area (Å²) < 4.78 is 17.1. The Bertz CT molecular complexity index is 431. The van der Waals surface area contributed by atoms with Gasteiger partial charge in [-0.05, 0) is 39.3 Å². The van der Waals surface area contributed by atoms with Gasteiger partial charge in [0.15, 0.2) is 0 Å². The van der Waals surface area contributed by atoms with Crippen molar-refractivity contribution in [3.8, 4) is 0 Å². The monoisotopic (exact) mass is 345 g/mol. The van der Waals surface area contributed by atoms with Crippen molar-refractivity contribution < 1.29 is 17.3 Å². The summed E-state index contributed by atoms with van der Waals surface area (Å²) >= 11 is 0. The SMILES string of the molecule is CCOS(CCCNC(=O)Nc1cccnc1)(OCC)OCC. The Morgan fingerprint density at radius 1 is 1.17 bits per heavy atom. The van der Waals surface area contributed by atoms with Gasteiger partial charge >= 0.3 is 6.03 Å². The zero-order valence-corrected chi connectivity index (χ0v) is 14.9. The van der Waals surface area contributed by atoms with E-state index in [1.165, 1.54) is 0 Å². The van der Waals surface area contributed by atoms with E-state index in [2.05, 4.69) is 15.6 Å². The number of pyridine rings is 1. The van der Waals surface area contributed by atoms with Crippen molar-refractivity contribution in [2.75, 3.05) is 37.4 Å². The first-order valence-corrected chi connectivity index (χ1v) is 9.42. The minimum atomic E-state index is -1.99. The van der Waals surface area contributed by atoms with Crippen LogP contribution in [0.5, 0.6) is 0 Å². The number of rotatable bonds is 11. The second-order valence-electron chi connectivity index (χ2n) is 4.46. The number of hydrogen-bond donors (Lipinski definition) is 2. The maximum Gasteiger partial charge on any atom is 0.319 e. The molecular formula is C15H27N3O4S. The highest BCUT2D eigenvalue weighted by Gasteiger charge is 2.25. The molecule has 1 aromatic heterocycles. The lowest BCUT2D eigenvalue weighted by molar-refractivity contribution is 0.185. The maximum atomic E-state index is 11.8. The molecule has 0 unspecified atom stereocenters. The topological polar surface area (TPSA) is 81.7 Å². The molecule has 0 aliphatic rings. The van der Waals surface area contributed by atoms with E-state index >= 15 is 0 Å². The first-order valence-electron chi connectivity index (χ1n) is 7.84. The van der Waals surface area contributed by atoms with Crippen LogP contribution < -0.4 is 10.6 Å². The largest absolute Gasteiger partial charge is 0.338 e. The third kappa shape index (κ3) is 7.65. The number of amides is 2. The van der Waals surface area contributed by atoms with E-state index in [1.54, 1.807) is 24.5 Å². The summed E-state index contributed by atoms with van der Waals surface area (Å²) in [4.78, 5) is 15.7. The molecule has 0 fully saturated rings. The fourth-order valence-electron chi connectivity index (χ4n) is 1.88. The average molecular weight is 345 g/mol. The minimum absolute atomic E-state index is 0.261. The van der Waals surface area contributed by atoms with Crippen molar-refractivity contribution in [2.45, 2.75) is 27.2 Å². The molecule has 132 valence electrons. The number of carbonyl (C=O) groups is 1. The Morgan fingerprint density at radius 3 is 2.35 bits per heavy atom. The highest BCUT2D eigenvalue weighted by atomic mass is 32.3. The van der Waals surface area contributed by atoms with Crippen LogP contribution in [-0.4, -0.2) is 43.1 Å². The van der Waals surface area contributed by atoms with Crippen LogP contribution in [-0.2, 0) is 12.5 Å². The fourth-order valence-corrected chi connectivity index (χ4v) is 4.01. The molecule has 0 radical (unpaired) electrons. The molecule has 0 aliphatic heterocycles. The molecule has 0 aliphatic carbocycles. The van der Waals surface area contributed by atoms with Crippen LogP contribution >= 0.6 is 10.9 Å². The molecule has 0 bridgehead atoms. The third-order valence-electron chi connectivity index (χ3n) is 2.67. The Morgan fingerprint density at radius 2 is 1.83 bits per heavy atom. The van der Waals surface area contributed by atoms with Crippen LogP contribution in [0, 0.1) is 0 Å². The smallest absolute Gasteiger partial charge is 0.319 e. The van der Waals surface area contributed by atoms with E-state index in [4.69, 9.17) is 12.5 Å². The molecule has 0 aromatic carbocycles. The van der Waals surface area contributed by atoms with Crippen molar-refractivity contribution in [1.29, 1.82) is 0 Å². The Labute approximate surface area is 140 Å². The predicted molar refractivity (Wildman–Crippen MR) is 93.2 cm³/mol. The molecule has 0 spiro atoms. The molecule has 0 saturated heterocycles. The normalized spacial score (nSPS) is 12.0. The van der Waals surface area contributed by atoms with Crippen LogP contribution in [0.2, 0.25) is 0 Å². The van der Waals surface area contributed by atoms with Gasteiger partial charge in [-0.25, -0.2) is 4.79 Å². The van der Waals surface area contributed by atoms with Crippen molar-refractivity contribution in [3.63, 3.8) is 0 Å². The number of nitrogens with one attached hydrogen (secondary N) is 2. The maximum absolute atomic E-state index is 11.8. The molecule has 2 N–H and O–H groups in total. The summed E-state index contributed by atoms with van der Waals surface area (Å²) in [6.45, 7) is 7.85. The Kier molecular flexibility index (Phi) is 9.61. The summed E-state index contributed by atoms with van der Waals surface area (Å²) in [7, 11) is -1.99. The van der Waals surface area contributed by atoms with Gasteiger partial charge in [-0.3, -0.25) is 17.5 Å². The zero-order chi connectivity index (χ0) is 17.0. The first-order chi connectivity index (χ1) is 11.2. The van der Waals surface area contributed by atoms with Gasteiger partial charge in [-0.2, -0.15) is 0 Å². The van der Waals surface area contributed by atoms with Gasteiger partial charge in [0.1, 0.15) is 0 Å². The van der Waals surface area contributed by atoms with Crippen LogP contribution in [0.3, 0.4) is 0 Å². The number of anilines is 1. The van der Waals surface area contributed by atoms with Gasteiger partial charge in [0.25, 0.3) is 0 Å². The van der Waals surface area contributed by atoms with E-state index < -0.39 is 10.9 Å². The zero-order valence-electron chi connectivity index (χ0n) is 14.0. The molecule has 8 heteroatoms. The van der Waals surface area contributed by atoms with E-state index in [1.807, 2.05) is 20.8 Å². The Hall–Kier alpha value is -1.35. The Balaban J connectivity index is 2.36. The van der Waals surface area contributed by atoms with Gasteiger partial charge in [-0.1, -0.05) is 0 Å². The van der Waals surface area contributed by atoms with Gasteiger partial charge < -0.3 is 10.6 Å². The molecule has 0 saturated carbocycles. The molecule has 7 nitrogen and oxygen atoms in total. The van der Waals surface area contributed by atoms with E-state index in [-0.39, 0.29) is 6.03 Å². The molecule has 23 heavy (non-hydrogen) atoms. The van der Waals surface area contributed by atoms with E-state index in [9.17, 15) is 4.79 Å². The lowest BCUT2D eigenvalue weighted by Gasteiger charge is -2.36. The van der Waals surface area contributed by atoms with Crippen molar-refractivity contribution in [1.82, 2.24) is 10.3 Å². The van der Waals surface area contributed by atoms with Crippen molar-refractivity contribution in [2.24, 2.45) is 0 Å². The van der Waals surface area contributed by atoms with Crippen molar-refractivity contribution >= 4 is 22.6 Å². The van der Waals surface area contributed by atoms with E-state index in [0.717, 1.165) is 0 Å². The van der Waals surface area contributed by atoms with E-state index in [0.29, 0.717) is 44.2 Å². The van der Waals surface area contributed by atoms with Gasteiger partial charge in [-0.15, -0.1) is 0 Å². The summed E-state index contributed by atoms with van der Waals surface area (Å²) in [6.07, 6.45) is 3.95. The second kappa shape index (κ2) is 11.2. The summed E-state index contributed by atoms with van der Waals surface area (Å²) in [5.41, 5.74) is 0.655. The minimum Gasteiger partial charge on any atom is -0.338 e. The van der Waals surface area contributed by atoms with Gasteiger partial charge in [0, 0.05) is 18.5 Å². The van der Waals surface area contributed by atoms with Crippen molar-refractivity contribution in [3.05, 3.63) is 24.5 Å². The molecule has 1 heterocycles.